The first-order chi connectivity index (χ1) is 20.7. The molecule has 2 unspecified atom stereocenters. The van der Waals surface area contributed by atoms with E-state index in [1.54, 1.807) is 6.07 Å². The Hall–Kier alpha value is -3.55. The number of hydrogen-bond donors (Lipinski definition) is 2. The fourth-order valence-electron chi connectivity index (χ4n) is 6.55. The molecule has 6 rings (SSSR count). The Morgan fingerprint density at radius 3 is 2.60 bits per heavy atom. The van der Waals surface area contributed by atoms with Crippen molar-refractivity contribution in [2.24, 2.45) is 0 Å². The van der Waals surface area contributed by atoms with Crippen LogP contribution in [-0.2, 0) is 23.2 Å². The van der Waals surface area contributed by atoms with Crippen LogP contribution in [0.5, 0.6) is 5.75 Å². The Morgan fingerprint density at radius 2 is 1.84 bits per heavy atom. The first-order valence-electron chi connectivity index (χ1n) is 15.5. The van der Waals surface area contributed by atoms with Crippen LogP contribution in [0.25, 0.3) is 0 Å². The molecule has 0 radical (unpaired) electrons. The van der Waals surface area contributed by atoms with E-state index in [4.69, 9.17) is 4.74 Å². The molecule has 226 valence electrons. The van der Waals surface area contributed by atoms with E-state index in [0.717, 1.165) is 43.2 Å². The number of halogens is 2. The van der Waals surface area contributed by atoms with Crippen LogP contribution in [0.15, 0.2) is 66.2 Å². The standard InChI is InChI=1S/C36H41F2N3O2/c1-23-19-24(2)25(3)33(20-23)43-18-15-26-7-9-28(10-8-26)36-16-13-30(32(40-36)21-39-22-36)35(42)41(29-11-12-29)17-14-27-5-4-6-31(37)34(27)38/h4-10,13,19-20,29,32,39-40H,11-12,14-18,21-22H2,1-3H3. The van der Waals surface area contributed by atoms with Crippen molar-refractivity contribution in [1.29, 1.82) is 0 Å². The normalized spacial score (nSPS) is 21.3. The molecule has 3 aliphatic rings. The molecule has 2 atom stereocenters. The molecule has 1 saturated carbocycles. The summed E-state index contributed by atoms with van der Waals surface area (Å²) in [6, 6.07) is 17.3. The predicted octanol–water partition coefficient (Wildman–Crippen LogP) is 5.83. The number of ether oxygens (including phenoxy) is 1. The average Bonchev–Trinajstić information content (AvgIpc) is 3.84. The second-order valence-electron chi connectivity index (χ2n) is 12.5. The van der Waals surface area contributed by atoms with Gasteiger partial charge in [-0.2, -0.15) is 0 Å². The van der Waals surface area contributed by atoms with Crippen LogP contribution in [0.1, 0.15) is 52.6 Å². The van der Waals surface area contributed by atoms with Crippen molar-refractivity contribution in [1.82, 2.24) is 15.5 Å². The molecule has 2 aliphatic heterocycles. The van der Waals surface area contributed by atoms with Gasteiger partial charge in [-0.1, -0.05) is 48.5 Å². The van der Waals surface area contributed by atoms with E-state index in [-0.39, 0.29) is 23.5 Å². The molecule has 2 heterocycles. The fourth-order valence-corrected chi connectivity index (χ4v) is 6.55. The van der Waals surface area contributed by atoms with Crippen molar-refractivity contribution in [3.8, 4) is 5.75 Å². The molecule has 2 bridgehead atoms. The summed E-state index contributed by atoms with van der Waals surface area (Å²) in [6.45, 7) is 8.76. The first-order valence-corrected chi connectivity index (χ1v) is 15.5. The Labute approximate surface area is 253 Å². The quantitative estimate of drug-likeness (QED) is 0.314. The maximum absolute atomic E-state index is 14.3. The first kappa shape index (κ1) is 29.5. The third kappa shape index (κ3) is 6.24. The third-order valence-electron chi connectivity index (χ3n) is 9.34. The lowest BCUT2D eigenvalue weighted by Crippen LogP contribution is -2.65. The van der Waals surface area contributed by atoms with Crippen LogP contribution in [0.4, 0.5) is 8.78 Å². The summed E-state index contributed by atoms with van der Waals surface area (Å²) in [6.07, 6.45) is 5.82. The van der Waals surface area contributed by atoms with Gasteiger partial charge in [0.05, 0.1) is 18.2 Å². The minimum absolute atomic E-state index is 0.00324. The number of carbonyl (C=O) groups excluding carboxylic acids is 1. The molecule has 5 nitrogen and oxygen atoms in total. The molecule has 43 heavy (non-hydrogen) atoms. The maximum Gasteiger partial charge on any atom is 0.251 e. The monoisotopic (exact) mass is 585 g/mol. The highest BCUT2D eigenvalue weighted by atomic mass is 19.2. The number of piperazine rings is 1. The average molecular weight is 586 g/mol. The lowest BCUT2D eigenvalue weighted by Gasteiger charge is -2.47. The maximum atomic E-state index is 14.3. The highest BCUT2D eigenvalue weighted by molar-refractivity contribution is 5.95. The topological polar surface area (TPSA) is 53.6 Å². The zero-order chi connectivity index (χ0) is 30.1. The Morgan fingerprint density at radius 1 is 1.05 bits per heavy atom. The number of benzene rings is 3. The van der Waals surface area contributed by atoms with Gasteiger partial charge >= 0.3 is 0 Å². The van der Waals surface area contributed by atoms with E-state index in [9.17, 15) is 13.6 Å². The van der Waals surface area contributed by atoms with Gasteiger partial charge < -0.3 is 15.0 Å². The number of nitrogens with zero attached hydrogens (tertiary/aromatic N) is 1. The van der Waals surface area contributed by atoms with Gasteiger partial charge in [0.2, 0.25) is 0 Å². The van der Waals surface area contributed by atoms with Gasteiger partial charge in [0.1, 0.15) is 5.75 Å². The van der Waals surface area contributed by atoms with Crippen molar-refractivity contribution in [3.63, 3.8) is 0 Å². The summed E-state index contributed by atoms with van der Waals surface area (Å²) in [5.41, 5.74) is 6.85. The summed E-state index contributed by atoms with van der Waals surface area (Å²) < 4.78 is 34.2. The lowest BCUT2D eigenvalue weighted by molar-refractivity contribution is -0.128. The van der Waals surface area contributed by atoms with E-state index < -0.39 is 11.6 Å². The number of rotatable bonds is 10. The van der Waals surface area contributed by atoms with Gasteiger partial charge in [-0.05, 0) is 92.0 Å². The molecule has 1 saturated heterocycles. The van der Waals surface area contributed by atoms with Crippen molar-refractivity contribution in [2.45, 2.75) is 70.5 Å². The van der Waals surface area contributed by atoms with Crippen LogP contribution in [-0.4, -0.2) is 49.1 Å². The Kier molecular flexibility index (Phi) is 8.38. The van der Waals surface area contributed by atoms with Crippen LogP contribution in [0, 0.1) is 32.4 Å². The van der Waals surface area contributed by atoms with Gasteiger partial charge in [-0.15, -0.1) is 0 Å². The molecule has 2 N–H and O–H groups in total. The summed E-state index contributed by atoms with van der Waals surface area (Å²) in [4.78, 5) is 15.7. The summed E-state index contributed by atoms with van der Waals surface area (Å²) in [5.74, 6) is -0.708. The molecule has 1 aliphatic carbocycles. The Bertz CT molecular complexity index is 1530. The van der Waals surface area contributed by atoms with Crippen LogP contribution < -0.4 is 15.4 Å². The van der Waals surface area contributed by atoms with Crippen molar-refractivity contribution < 1.29 is 18.3 Å². The number of amides is 1. The molecule has 2 fully saturated rings. The van der Waals surface area contributed by atoms with Gasteiger partial charge in [-0.25, -0.2) is 8.78 Å². The number of hydrogen-bond acceptors (Lipinski definition) is 4. The molecule has 3 aromatic rings. The zero-order valence-electron chi connectivity index (χ0n) is 25.3. The fraction of sp³-hybridized carbons (Fsp3) is 0.417. The molecule has 7 heteroatoms. The van der Waals surface area contributed by atoms with Crippen molar-refractivity contribution >= 4 is 5.91 Å². The Balaban J connectivity index is 1.11. The van der Waals surface area contributed by atoms with E-state index in [1.165, 1.54) is 33.9 Å². The highest BCUT2D eigenvalue weighted by Gasteiger charge is 2.44. The number of carbonyl (C=O) groups is 1. The number of fused-ring (bicyclic) bond motifs is 2. The minimum atomic E-state index is -0.848. The molecule has 3 aromatic carbocycles. The van der Waals surface area contributed by atoms with Crippen molar-refractivity contribution in [2.75, 3.05) is 26.2 Å². The summed E-state index contributed by atoms with van der Waals surface area (Å²) in [5, 5.41) is 7.37. The third-order valence-corrected chi connectivity index (χ3v) is 9.34. The second kappa shape index (κ2) is 12.2. The van der Waals surface area contributed by atoms with Gasteiger partial charge in [0.25, 0.3) is 5.91 Å². The number of nitrogens with one attached hydrogen (secondary N) is 2. The SMILES string of the molecule is Cc1cc(C)c(C)c(OCCc2ccc(C34CC=C(C(=O)N(CCc5cccc(F)c5F)C5CC5)C(CNC3)N4)cc2)c1. The van der Waals surface area contributed by atoms with Crippen LogP contribution >= 0.6 is 0 Å². The zero-order valence-corrected chi connectivity index (χ0v) is 25.3. The molecular weight excluding hydrogens is 544 g/mol. The van der Waals surface area contributed by atoms with Gasteiger partial charge in [-0.3, -0.25) is 10.1 Å². The minimum Gasteiger partial charge on any atom is -0.493 e. The summed E-state index contributed by atoms with van der Waals surface area (Å²) in [7, 11) is 0. The van der Waals surface area contributed by atoms with E-state index in [2.05, 4.69) is 73.9 Å². The van der Waals surface area contributed by atoms with E-state index in [1.807, 2.05) is 4.90 Å². The predicted molar refractivity (Wildman–Crippen MR) is 165 cm³/mol. The van der Waals surface area contributed by atoms with Crippen LogP contribution in [0.3, 0.4) is 0 Å². The highest BCUT2D eigenvalue weighted by Crippen LogP contribution is 2.36. The largest absolute Gasteiger partial charge is 0.493 e. The van der Waals surface area contributed by atoms with E-state index >= 15 is 0 Å². The molecule has 1 amide bonds. The van der Waals surface area contributed by atoms with E-state index in [0.29, 0.717) is 38.1 Å². The molecule has 0 aromatic heterocycles. The lowest BCUT2D eigenvalue weighted by atomic mass is 9.78. The molecular formula is C36H41F2N3O2. The van der Waals surface area contributed by atoms with Gasteiger partial charge in [0.15, 0.2) is 11.6 Å². The van der Waals surface area contributed by atoms with Gasteiger partial charge in [0, 0.05) is 37.7 Å². The van der Waals surface area contributed by atoms with Crippen LogP contribution in [0.2, 0.25) is 0 Å². The second-order valence-corrected chi connectivity index (χ2v) is 12.5. The van der Waals surface area contributed by atoms with Crippen molar-refractivity contribution in [3.05, 3.63) is 111 Å². The number of aryl methyl sites for hydroxylation is 2. The summed E-state index contributed by atoms with van der Waals surface area (Å²) >= 11 is 0. The molecule has 0 spiro atoms. The smallest absolute Gasteiger partial charge is 0.251 e.